The average molecular weight is 342 g/mol. The summed E-state index contributed by atoms with van der Waals surface area (Å²) in [4.78, 5) is 15.4. The number of aryl methyl sites for hydroxylation is 1. The van der Waals surface area contributed by atoms with E-state index in [4.69, 9.17) is 0 Å². The summed E-state index contributed by atoms with van der Waals surface area (Å²) in [5.41, 5.74) is 0. The number of piperidine rings is 1. The van der Waals surface area contributed by atoms with E-state index in [1.165, 1.54) is 15.6 Å². The zero-order valence-electron chi connectivity index (χ0n) is 12.8. The molecule has 1 aromatic rings. The van der Waals surface area contributed by atoms with Gasteiger partial charge in [-0.15, -0.1) is 11.3 Å². The molecule has 3 rings (SSSR count). The molecule has 0 spiro atoms. The lowest BCUT2D eigenvalue weighted by Crippen LogP contribution is -2.45. The molecule has 0 radical (unpaired) electrons. The molecule has 2 saturated heterocycles. The van der Waals surface area contributed by atoms with Crippen LogP contribution in [0, 0.1) is 12.8 Å². The fourth-order valence-corrected chi connectivity index (χ4v) is 6.20. The van der Waals surface area contributed by atoms with E-state index in [0.717, 1.165) is 43.6 Å². The number of hydrogen-bond donors (Lipinski definition) is 0. The van der Waals surface area contributed by atoms with Crippen molar-refractivity contribution < 1.29 is 13.2 Å². The van der Waals surface area contributed by atoms with Gasteiger partial charge in [-0.2, -0.15) is 4.31 Å². The Kier molecular flexibility index (Phi) is 4.56. The maximum absolute atomic E-state index is 12.7. The number of carbonyl (C=O) groups is 1. The first-order valence-corrected chi connectivity index (χ1v) is 10.1. The molecule has 2 fully saturated rings. The highest BCUT2D eigenvalue weighted by Gasteiger charge is 2.36. The normalized spacial score (nSPS) is 23.9. The van der Waals surface area contributed by atoms with Crippen molar-refractivity contribution in [1.82, 2.24) is 9.21 Å². The third-order valence-electron chi connectivity index (χ3n) is 4.46. The molecule has 7 heteroatoms. The van der Waals surface area contributed by atoms with Crippen molar-refractivity contribution in [3.8, 4) is 0 Å². The van der Waals surface area contributed by atoms with Gasteiger partial charge in [0.15, 0.2) is 0 Å². The number of amides is 1. The van der Waals surface area contributed by atoms with E-state index < -0.39 is 10.0 Å². The van der Waals surface area contributed by atoms with Crippen LogP contribution in [0.1, 0.15) is 30.6 Å². The predicted molar refractivity (Wildman–Crippen MR) is 86.4 cm³/mol. The van der Waals surface area contributed by atoms with E-state index in [1.807, 2.05) is 17.9 Å². The Hall–Kier alpha value is -0.920. The summed E-state index contributed by atoms with van der Waals surface area (Å²) in [5, 5.41) is 0. The minimum atomic E-state index is -3.45. The number of likely N-dealkylation sites (tertiary alicyclic amines) is 1. The molecule has 5 nitrogen and oxygen atoms in total. The van der Waals surface area contributed by atoms with Crippen LogP contribution >= 0.6 is 11.3 Å². The second-order valence-electron chi connectivity index (χ2n) is 6.10. The van der Waals surface area contributed by atoms with Crippen molar-refractivity contribution in [2.75, 3.05) is 26.2 Å². The van der Waals surface area contributed by atoms with Crippen LogP contribution < -0.4 is 0 Å². The van der Waals surface area contributed by atoms with Crippen molar-refractivity contribution in [1.29, 1.82) is 0 Å². The smallest absolute Gasteiger partial charge is 0.252 e. The van der Waals surface area contributed by atoms with Crippen molar-refractivity contribution in [2.45, 2.75) is 36.8 Å². The van der Waals surface area contributed by atoms with Crippen molar-refractivity contribution in [2.24, 2.45) is 5.92 Å². The molecule has 0 aromatic carbocycles. The van der Waals surface area contributed by atoms with Crippen LogP contribution in [0.3, 0.4) is 0 Å². The molecule has 22 heavy (non-hydrogen) atoms. The monoisotopic (exact) mass is 342 g/mol. The van der Waals surface area contributed by atoms with Crippen molar-refractivity contribution in [3.63, 3.8) is 0 Å². The number of nitrogens with zero attached hydrogens (tertiary/aromatic N) is 2. The second-order valence-corrected chi connectivity index (χ2v) is 9.55. The summed E-state index contributed by atoms with van der Waals surface area (Å²) < 4.78 is 27.3. The Morgan fingerprint density at radius 1 is 1.18 bits per heavy atom. The van der Waals surface area contributed by atoms with Gasteiger partial charge in [-0.25, -0.2) is 8.42 Å². The lowest BCUT2D eigenvalue weighted by Gasteiger charge is -2.32. The molecule has 1 atom stereocenters. The Bertz CT molecular complexity index is 647. The predicted octanol–water partition coefficient (Wildman–Crippen LogP) is 2.08. The Balaban J connectivity index is 1.73. The molecular weight excluding hydrogens is 320 g/mol. The highest BCUT2D eigenvalue weighted by Crippen LogP contribution is 2.29. The lowest BCUT2D eigenvalue weighted by atomic mass is 9.98. The first kappa shape index (κ1) is 16.0. The van der Waals surface area contributed by atoms with Gasteiger partial charge in [0.05, 0.1) is 5.92 Å². The lowest BCUT2D eigenvalue weighted by molar-refractivity contribution is -0.135. The molecule has 0 bridgehead atoms. The van der Waals surface area contributed by atoms with Crippen LogP contribution in [-0.2, 0) is 14.8 Å². The van der Waals surface area contributed by atoms with Crippen LogP contribution in [-0.4, -0.2) is 49.7 Å². The van der Waals surface area contributed by atoms with Crippen LogP contribution in [0.5, 0.6) is 0 Å². The third kappa shape index (κ3) is 3.07. The van der Waals surface area contributed by atoms with Crippen LogP contribution in [0.4, 0.5) is 0 Å². The Labute approximate surface area is 136 Å². The van der Waals surface area contributed by atoms with E-state index >= 15 is 0 Å². The molecular formula is C15H22N2O3S2. The fourth-order valence-electron chi connectivity index (χ4n) is 3.24. The number of sulfonamides is 1. The zero-order chi connectivity index (χ0) is 15.7. The summed E-state index contributed by atoms with van der Waals surface area (Å²) in [6.45, 7) is 4.40. The molecule has 3 heterocycles. The summed E-state index contributed by atoms with van der Waals surface area (Å²) >= 11 is 1.30. The average Bonchev–Trinajstić information content (AvgIpc) is 3.18. The van der Waals surface area contributed by atoms with Gasteiger partial charge in [-0.3, -0.25) is 4.79 Å². The topological polar surface area (TPSA) is 57.7 Å². The highest BCUT2D eigenvalue weighted by atomic mass is 32.2. The molecule has 0 N–H and O–H groups in total. The number of thiophene rings is 1. The summed E-state index contributed by atoms with van der Waals surface area (Å²) in [6.07, 6.45) is 3.68. The highest BCUT2D eigenvalue weighted by molar-refractivity contribution is 7.91. The number of carbonyl (C=O) groups excluding carboxylic acids is 1. The van der Waals surface area contributed by atoms with Crippen LogP contribution in [0.2, 0.25) is 0 Å². The first-order valence-electron chi connectivity index (χ1n) is 7.84. The molecule has 2 aliphatic rings. The Morgan fingerprint density at radius 3 is 2.55 bits per heavy atom. The van der Waals surface area contributed by atoms with Gasteiger partial charge in [-0.1, -0.05) is 0 Å². The van der Waals surface area contributed by atoms with Crippen molar-refractivity contribution in [3.05, 3.63) is 17.0 Å². The fraction of sp³-hybridized carbons (Fsp3) is 0.667. The second kappa shape index (κ2) is 6.29. The number of hydrogen-bond acceptors (Lipinski definition) is 4. The molecule has 1 aromatic heterocycles. The quantitative estimate of drug-likeness (QED) is 0.845. The van der Waals surface area contributed by atoms with E-state index in [1.54, 1.807) is 6.07 Å². The Morgan fingerprint density at radius 2 is 1.91 bits per heavy atom. The molecule has 2 aliphatic heterocycles. The largest absolute Gasteiger partial charge is 0.342 e. The minimum Gasteiger partial charge on any atom is -0.342 e. The number of rotatable bonds is 3. The van der Waals surface area contributed by atoms with E-state index in [2.05, 4.69) is 0 Å². The molecule has 1 amide bonds. The molecule has 0 aliphatic carbocycles. The van der Waals surface area contributed by atoms with Gasteiger partial charge in [0.25, 0.3) is 10.0 Å². The summed E-state index contributed by atoms with van der Waals surface area (Å²) in [6, 6.07) is 3.50. The summed E-state index contributed by atoms with van der Waals surface area (Å²) in [7, 11) is -3.45. The minimum absolute atomic E-state index is 0.139. The maximum atomic E-state index is 12.7. The van der Waals surface area contributed by atoms with E-state index in [9.17, 15) is 13.2 Å². The van der Waals surface area contributed by atoms with Gasteiger partial charge >= 0.3 is 0 Å². The third-order valence-corrected chi connectivity index (χ3v) is 7.79. The maximum Gasteiger partial charge on any atom is 0.252 e. The first-order chi connectivity index (χ1) is 10.5. The SMILES string of the molecule is Cc1ccc(S(=O)(=O)N2CCCC(C(=O)N3CCCC3)C2)s1. The van der Waals surface area contributed by atoms with Gasteiger partial charge in [-0.05, 0) is 44.7 Å². The van der Waals surface area contributed by atoms with Crippen LogP contribution in [0.15, 0.2) is 16.3 Å². The standard InChI is InChI=1S/C15H22N2O3S2/c1-12-6-7-14(21-12)22(19,20)17-10-4-5-13(11-17)15(18)16-8-2-3-9-16/h6-7,13H,2-5,8-11H2,1H3. The van der Waals surface area contributed by atoms with E-state index in [-0.39, 0.29) is 11.8 Å². The van der Waals surface area contributed by atoms with Gasteiger partial charge < -0.3 is 4.90 Å². The van der Waals surface area contributed by atoms with Gasteiger partial charge in [0, 0.05) is 31.1 Å². The van der Waals surface area contributed by atoms with Gasteiger partial charge in [0.2, 0.25) is 5.91 Å². The zero-order valence-corrected chi connectivity index (χ0v) is 14.5. The molecule has 1 unspecified atom stereocenters. The molecule has 0 saturated carbocycles. The van der Waals surface area contributed by atoms with Crippen LogP contribution in [0.25, 0.3) is 0 Å². The summed E-state index contributed by atoms with van der Waals surface area (Å²) in [5.74, 6) is -0.0394. The molecule has 122 valence electrons. The van der Waals surface area contributed by atoms with E-state index in [0.29, 0.717) is 17.3 Å². The van der Waals surface area contributed by atoms with Crippen molar-refractivity contribution >= 4 is 27.3 Å². The van der Waals surface area contributed by atoms with Gasteiger partial charge in [0.1, 0.15) is 4.21 Å².